The Morgan fingerprint density at radius 2 is 1.81 bits per heavy atom. The first-order chi connectivity index (χ1) is 17.4. The molecule has 186 valence electrons. The highest BCUT2D eigenvalue weighted by molar-refractivity contribution is 9.10. The quantitative estimate of drug-likeness (QED) is 0.108. The summed E-state index contributed by atoms with van der Waals surface area (Å²) in [6.07, 6.45) is 0. The second-order valence-corrected chi connectivity index (χ2v) is 10.7. The third-order valence-corrected chi connectivity index (χ3v) is 7.59. The fourth-order valence-corrected chi connectivity index (χ4v) is 5.56. The molecule has 0 aliphatic rings. The Balaban J connectivity index is 1.64. The molecular formula is C25H22Br2N4O4S. The number of halogens is 2. The van der Waals surface area contributed by atoms with Gasteiger partial charge >= 0.3 is 0 Å². The van der Waals surface area contributed by atoms with Crippen molar-refractivity contribution in [1.82, 2.24) is 14.8 Å². The van der Waals surface area contributed by atoms with Gasteiger partial charge in [0, 0.05) is 15.1 Å². The molecule has 4 aromatic rings. The van der Waals surface area contributed by atoms with E-state index < -0.39 is 5.25 Å². The molecule has 0 saturated carbocycles. The van der Waals surface area contributed by atoms with Gasteiger partial charge < -0.3 is 9.47 Å². The van der Waals surface area contributed by atoms with E-state index in [2.05, 4.69) is 42.1 Å². The zero-order chi connectivity index (χ0) is 25.7. The molecule has 3 aromatic carbocycles. The zero-order valence-corrected chi connectivity index (χ0v) is 23.4. The number of nitro groups is 1. The minimum absolute atomic E-state index is 0.306. The number of aryl methyl sites for hydroxylation is 1. The molecule has 11 heteroatoms. The van der Waals surface area contributed by atoms with Crippen molar-refractivity contribution in [2.75, 3.05) is 13.7 Å². The van der Waals surface area contributed by atoms with E-state index in [-0.39, 0.29) is 11.5 Å². The smallest absolute Gasteiger partial charge is 0.220 e. The first-order valence-electron chi connectivity index (χ1n) is 10.9. The molecule has 1 atom stereocenters. The first kappa shape index (κ1) is 26.2. The predicted molar refractivity (Wildman–Crippen MR) is 146 cm³/mol. The van der Waals surface area contributed by atoms with Crippen LogP contribution >= 0.6 is 43.6 Å². The van der Waals surface area contributed by atoms with Gasteiger partial charge in [-0.15, -0.1) is 10.2 Å². The second-order valence-electron chi connectivity index (χ2n) is 7.77. The van der Waals surface area contributed by atoms with E-state index in [1.807, 2.05) is 72.2 Å². The van der Waals surface area contributed by atoms with Crippen molar-refractivity contribution in [2.45, 2.75) is 23.9 Å². The van der Waals surface area contributed by atoms with Gasteiger partial charge in [0.25, 0.3) is 0 Å². The highest BCUT2D eigenvalue weighted by atomic mass is 79.9. The van der Waals surface area contributed by atoms with Crippen LogP contribution in [0.2, 0.25) is 0 Å². The minimum atomic E-state index is -0.545. The van der Waals surface area contributed by atoms with Crippen LogP contribution in [-0.4, -0.2) is 33.3 Å². The van der Waals surface area contributed by atoms with Gasteiger partial charge in [-0.25, -0.2) is 0 Å². The number of ether oxygens (including phenoxy) is 2. The fourth-order valence-electron chi connectivity index (χ4n) is 3.57. The number of aromatic nitrogens is 3. The monoisotopic (exact) mass is 632 g/mol. The summed E-state index contributed by atoms with van der Waals surface area (Å²) in [5.74, 6) is 1.70. The van der Waals surface area contributed by atoms with Gasteiger partial charge in [-0.3, -0.25) is 14.7 Å². The number of thioether (sulfide) groups is 1. The number of methoxy groups -OCH3 is 1. The molecule has 0 bridgehead atoms. The lowest BCUT2D eigenvalue weighted by atomic mass is 10.1. The van der Waals surface area contributed by atoms with Crippen molar-refractivity contribution in [3.05, 3.63) is 103 Å². The Kier molecular flexibility index (Phi) is 8.65. The highest BCUT2D eigenvalue weighted by Gasteiger charge is 2.26. The zero-order valence-electron chi connectivity index (χ0n) is 19.4. The maximum atomic E-state index is 11.6. The SMILES string of the molecule is COc1cc([C@H](C[N+](=O)[O-])Sc2nnc(C)n2-c2ccccc2)cc(Br)c1OCc1ccc(Br)cc1. The van der Waals surface area contributed by atoms with E-state index in [1.165, 1.54) is 11.8 Å². The van der Waals surface area contributed by atoms with Gasteiger partial charge in [0.1, 0.15) is 17.7 Å². The van der Waals surface area contributed by atoms with Crippen LogP contribution in [0, 0.1) is 17.0 Å². The Hall–Kier alpha value is -2.89. The molecule has 0 fully saturated rings. The summed E-state index contributed by atoms with van der Waals surface area (Å²) >= 11 is 8.29. The standard InChI is InChI=1S/C25H22Br2N4O4S/c1-16-28-29-25(31(16)20-6-4-3-5-7-20)36-23(14-30(32)33)18-12-21(27)24(22(13-18)34-2)35-15-17-8-10-19(26)11-9-17/h3-13,23H,14-15H2,1-2H3/t23-/m0/s1. The van der Waals surface area contributed by atoms with Crippen LogP contribution in [0.25, 0.3) is 5.69 Å². The summed E-state index contributed by atoms with van der Waals surface area (Å²) in [4.78, 5) is 11.3. The van der Waals surface area contributed by atoms with Crippen molar-refractivity contribution >= 4 is 43.6 Å². The van der Waals surface area contributed by atoms with Crippen molar-refractivity contribution in [2.24, 2.45) is 0 Å². The van der Waals surface area contributed by atoms with E-state index in [0.717, 1.165) is 15.7 Å². The van der Waals surface area contributed by atoms with Crippen LogP contribution in [0.1, 0.15) is 22.2 Å². The predicted octanol–water partition coefficient (Wildman–Crippen LogP) is 6.80. The molecule has 0 spiro atoms. The Labute approximate surface area is 229 Å². The molecule has 36 heavy (non-hydrogen) atoms. The van der Waals surface area contributed by atoms with Crippen molar-refractivity contribution in [1.29, 1.82) is 0 Å². The van der Waals surface area contributed by atoms with Gasteiger partial charge in [0.2, 0.25) is 6.54 Å². The summed E-state index contributed by atoms with van der Waals surface area (Å²) in [5.41, 5.74) is 2.59. The topological polar surface area (TPSA) is 92.3 Å². The van der Waals surface area contributed by atoms with Gasteiger partial charge in [0.15, 0.2) is 16.7 Å². The van der Waals surface area contributed by atoms with E-state index in [1.54, 1.807) is 13.2 Å². The van der Waals surface area contributed by atoms with Crippen molar-refractivity contribution in [3.63, 3.8) is 0 Å². The van der Waals surface area contributed by atoms with Crippen LogP contribution in [-0.2, 0) is 6.61 Å². The molecule has 0 N–H and O–H groups in total. The molecule has 8 nitrogen and oxygen atoms in total. The summed E-state index contributed by atoms with van der Waals surface area (Å²) in [7, 11) is 1.54. The first-order valence-corrected chi connectivity index (χ1v) is 13.3. The third kappa shape index (κ3) is 6.26. The maximum absolute atomic E-state index is 11.6. The van der Waals surface area contributed by atoms with Crippen LogP contribution in [0.4, 0.5) is 0 Å². The number of hydrogen-bond donors (Lipinski definition) is 0. The number of benzene rings is 3. The number of nitrogens with zero attached hydrogens (tertiary/aromatic N) is 4. The molecule has 0 aliphatic carbocycles. The maximum Gasteiger partial charge on any atom is 0.220 e. The molecular weight excluding hydrogens is 612 g/mol. The van der Waals surface area contributed by atoms with Crippen LogP contribution in [0.5, 0.6) is 11.5 Å². The van der Waals surface area contributed by atoms with Crippen LogP contribution in [0.15, 0.2) is 80.8 Å². The average Bonchev–Trinajstić information content (AvgIpc) is 3.23. The Morgan fingerprint density at radius 1 is 1.08 bits per heavy atom. The number of para-hydroxylation sites is 1. The largest absolute Gasteiger partial charge is 0.493 e. The third-order valence-electron chi connectivity index (χ3n) is 5.29. The van der Waals surface area contributed by atoms with Crippen molar-refractivity contribution in [3.8, 4) is 17.2 Å². The molecule has 4 rings (SSSR count). The molecule has 0 unspecified atom stereocenters. The molecule has 1 aromatic heterocycles. The number of hydrogen-bond acceptors (Lipinski definition) is 7. The molecule has 0 amide bonds. The van der Waals surface area contributed by atoms with E-state index in [4.69, 9.17) is 9.47 Å². The summed E-state index contributed by atoms with van der Waals surface area (Å²) < 4.78 is 15.2. The van der Waals surface area contributed by atoms with Gasteiger partial charge in [-0.1, -0.05) is 58.0 Å². The average molecular weight is 634 g/mol. The van der Waals surface area contributed by atoms with Gasteiger partial charge in [-0.05, 0) is 70.4 Å². The van der Waals surface area contributed by atoms with E-state index in [9.17, 15) is 10.1 Å². The van der Waals surface area contributed by atoms with Crippen LogP contribution < -0.4 is 9.47 Å². The summed E-state index contributed by atoms with van der Waals surface area (Å²) in [6.45, 7) is 1.89. The lowest BCUT2D eigenvalue weighted by molar-refractivity contribution is -0.479. The Bertz CT molecular complexity index is 1350. The van der Waals surface area contributed by atoms with Crippen LogP contribution in [0.3, 0.4) is 0 Å². The number of rotatable bonds is 10. The molecule has 0 saturated heterocycles. The second kappa shape index (κ2) is 11.9. The minimum Gasteiger partial charge on any atom is -0.493 e. The lowest BCUT2D eigenvalue weighted by Crippen LogP contribution is -2.12. The molecule has 0 radical (unpaired) electrons. The normalized spacial score (nSPS) is 11.8. The lowest BCUT2D eigenvalue weighted by Gasteiger charge is -2.18. The van der Waals surface area contributed by atoms with E-state index in [0.29, 0.717) is 39.1 Å². The Morgan fingerprint density at radius 3 is 2.47 bits per heavy atom. The van der Waals surface area contributed by atoms with Gasteiger partial charge in [-0.2, -0.15) is 0 Å². The van der Waals surface area contributed by atoms with E-state index >= 15 is 0 Å². The van der Waals surface area contributed by atoms with Gasteiger partial charge in [0.05, 0.1) is 11.6 Å². The summed E-state index contributed by atoms with van der Waals surface area (Å²) in [6, 6.07) is 21.1. The summed E-state index contributed by atoms with van der Waals surface area (Å²) in [5, 5.41) is 20.1. The fraction of sp³-hybridized carbons (Fsp3) is 0.200. The molecule has 0 aliphatic heterocycles. The highest BCUT2D eigenvalue weighted by Crippen LogP contribution is 2.43. The molecule has 1 heterocycles. The van der Waals surface area contributed by atoms with Crippen molar-refractivity contribution < 1.29 is 14.4 Å².